The van der Waals surface area contributed by atoms with Gasteiger partial charge >= 0.3 is 0 Å². The average Bonchev–Trinajstić information content (AvgIpc) is 3.30. The van der Waals surface area contributed by atoms with Crippen molar-refractivity contribution in [3.05, 3.63) is 34.9 Å². The molecule has 1 heterocycles. The summed E-state index contributed by atoms with van der Waals surface area (Å²) in [6.07, 6.45) is 4.95. The van der Waals surface area contributed by atoms with E-state index in [4.69, 9.17) is 0 Å². The Bertz CT molecular complexity index is 494. The molecule has 2 fully saturated rings. The summed E-state index contributed by atoms with van der Waals surface area (Å²) in [5, 5.41) is 6.45. The highest BCUT2D eigenvalue weighted by Gasteiger charge is 2.22. The van der Waals surface area contributed by atoms with Gasteiger partial charge in [-0.05, 0) is 74.7 Å². The molecule has 0 radical (unpaired) electrons. The highest BCUT2D eigenvalue weighted by atomic mass is 35.5. The van der Waals surface area contributed by atoms with Crippen LogP contribution in [0, 0.1) is 12.8 Å². The first-order valence-corrected chi connectivity index (χ1v) is 7.83. The minimum atomic E-state index is 0. The van der Waals surface area contributed by atoms with E-state index in [0.29, 0.717) is 5.92 Å². The summed E-state index contributed by atoms with van der Waals surface area (Å²) < 4.78 is 0. The molecule has 1 saturated carbocycles. The third-order valence-electron chi connectivity index (χ3n) is 4.55. The Kier molecular flexibility index (Phi) is 5.65. The first-order valence-electron chi connectivity index (χ1n) is 7.83. The van der Waals surface area contributed by atoms with Gasteiger partial charge in [-0.2, -0.15) is 0 Å². The van der Waals surface area contributed by atoms with Crippen LogP contribution in [0.5, 0.6) is 0 Å². The molecule has 1 saturated heterocycles. The monoisotopic (exact) mass is 308 g/mol. The van der Waals surface area contributed by atoms with Crippen molar-refractivity contribution < 1.29 is 4.79 Å². The summed E-state index contributed by atoms with van der Waals surface area (Å²) in [5.74, 6) is 1.47. The second-order valence-corrected chi connectivity index (χ2v) is 6.25. The molecule has 1 aromatic carbocycles. The number of carbonyl (C=O) groups is 1. The van der Waals surface area contributed by atoms with Crippen LogP contribution < -0.4 is 10.6 Å². The Morgan fingerprint density at radius 3 is 2.57 bits per heavy atom. The molecule has 3 nitrogen and oxygen atoms in total. The minimum Gasteiger partial charge on any atom is -0.352 e. The van der Waals surface area contributed by atoms with Crippen molar-refractivity contribution in [1.82, 2.24) is 10.6 Å². The summed E-state index contributed by atoms with van der Waals surface area (Å²) in [5.41, 5.74) is 3.33. The molecular formula is C17H25ClN2O. The molecule has 0 unspecified atom stereocenters. The van der Waals surface area contributed by atoms with E-state index in [1.807, 2.05) is 6.07 Å². The van der Waals surface area contributed by atoms with Crippen LogP contribution in [-0.4, -0.2) is 25.5 Å². The lowest BCUT2D eigenvalue weighted by Gasteiger charge is -2.23. The third kappa shape index (κ3) is 4.21. The van der Waals surface area contributed by atoms with E-state index in [1.54, 1.807) is 0 Å². The first-order chi connectivity index (χ1) is 9.74. The van der Waals surface area contributed by atoms with Crippen molar-refractivity contribution in [2.24, 2.45) is 5.92 Å². The number of rotatable bonds is 4. The number of piperidine rings is 1. The van der Waals surface area contributed by atoms with Gasteiger partial charge in [-0.25, -0.2) is 0 Å². The largest absolute Gasteiger partial charge is 0.352 e. The molecule has 4 heteroatoms. The molecule has 1 aliphatic carbocycles. The van der Waals surface area contributed by atoms with Crippen LogP contribution in [0.1, 0.15) is 53.1 Å². The molecule has 3 rings (SSSR count). The molecule has 2 aliphatic rings. The Hall–Kier alpha value is -1.06. The second kappa shape index (κ2) is 7.28. The van der Waals surface area contributed by atoms with Gasteiger partial charge < -0.3 is 10.6 Å². The number of halogens is 1. The molecule has 116 valence electrons. The summed E-state index contributed by atoms with van der Waals surface area (Å²) in [6.45, 7) is 5.10. The van der Waals surface area contributed by atoms with E-state index in [0.717, 1.165) is 36.7 Å². The highest BCUT2D eigenvalue weighted by molar-refractivity contribution is 5.95. The minimum absolute atomic E-state index is 0. The number of hydrogen-bond donors (Lipinski definition) is 2. The number of benzene rings is 1. The lowest BCUT2D eigenvalue weighted by molar-refractivity contribution is 0.0951. The smallest absolute Gasteiger partial charge is 0.251 e. The van der Waals surface area contributed by atoms with Crippen LogP contribution in [0.4, 0.5) is 0 Å². The maximum atomic E-state index is 12.2. The van der Waals surface area contributed by atoms with E-state index >= 15 is 0 Å². The van der Waals surface area contributed by atoms with E-state index in [-0.39, 0.29) is 18.3 Å². The lowest BCUT2D eigenvalue weighted by Crippen LogP contribution is -2.27. The van der Waals surface area contributed by atoms with Gasteiger partial charge in [0, 0.05) is 12.1 Å². The number of nitrogens with one attached hydrogen (secondary N) is 2. The predicted octanol–water partition coefficient (Wildman–Crippen LogP) is 3.02. The molecule has 1 aliphatic heterocycles. The standard InChI is InChI=1S/C17H24N2O.ClH/c1-12-10-15(14-6-8-18-9-7-14)4-5-16(12)17(20)19-11-13-2-3-13;/h4-5,10,13-14,18H,2-3,6-9,11H2,1H3,(H,19,20);1H. The second-order valence-electron chi connectivity index (χ2n) is 6.25. The molecule has 2 N–H and O–H groups in total. The van der Waals surface area contributed by atoms with Crippen molar-refractivity contribution in [2.45, 2.75) is 38.5 Å². The van der Waals surface area contributed by atoms with E-state index in [1.165, 1.54) is 31.2 Å². The van der Waals surface area contributed by atoms with Gasteiger partial charge in [0.2, 0.25) is 0 Å². The van der Waals surface area contributed by atoms with Crippen LogP contribution >= 0.6 is 12.4 Å². The Labute approximate surface area is 133 Å². The summed E-state index contributed by atoms with van der Waals surface area (Å²) >= 11 is 0. The fourth-order valence-electron chi connectivity index (χ4n) is 3.01. The van der Waals surface area contributed by atoms with Crippen LogP contribution in [-0.2, 0) is 0 Å². The average molecular weight is 309 g/mol. The molecule has 1 aromatic rings. The van der Waals surface area contributed by atoms with Crippen LogP contribution in [0.15, 0.2) is 18.2 Å². The lowest BCUT2D eigenvalue weighted by atomic mass is 9.88. The number of amides is 1. The fraction of sp³-hybridized carbons (Fsp3) is 0.588. The number of carbonyl (C=O) groups excluding carboxylic acids is 1. The van der Waals surface area contributed by atoms with Gasteiger partial charge in [0.05, 0.1) is 0 Å². The van der Waals surface area contributed by atoms with Crippen LogP contribution in [0.3, 0.4) is 0 Å². The third-order valence-corrected chi connectivity index (χ3v) is 4.55. The Morgan fingerprint density at radius 2 is 1.95 bits per heavy atom. The predicted molar refractivity (Wildman–Crippen MR) is 88.3 cm³/mol. The Balaban J connectivity index is 0.00000161. The van der Waals surface area contributed by atoms with Gasteiger partial charge in [-0.15, -0.1) is 12.4 Å². The zero-order chi connectivity index (χ0) is 13.9. The maximum absolute atomic E-state index is 12.2. The van der Waals surface area contributed by atoms with Crippen molar-refractivity contribution in [3.63, 3.8) is 0 Å². The highest BCUT2D eigenvalue weighted by Crippen LogP contribution is 2.28. The van der Waals surface area contributed by atoms with Crippen molar-refractivity contribution >= 4 is 18.3 Å². The number of aryl methyl sites for hydroxylation is 1. The topological polar surface area (TPSA) is 41.1 Å². The normalized spacial score (nSPS) is 18.9. The molecule has 1 amide bonds. The fourth-order valence-corrected chi connectivity index (χ4v) is 3.01. The molecule has 0 atom stereocenters. The van der Waals surface area contributed by atoms with E-state index < -0.39 is 0 Å². The zero-order valence-electron chi connectivity index (χ0n) is 12.7. The van der Waals surface area contributed by atoms with Crippen molar-refractivity contribution in [2.75, 3.05) is 19.6 Å². The summed E-state index contributed by atoms with van der Waals surface area (Å²) in [7, 11) is 0. The molecule has 0 aromatic heterocycles. The van der Waals surface area contributed by atoms with Gasteiger partial charge in [-0.3, -0.25) is 4.79 Å². The van der Waals surface area contributed by atoms with Gasteiger partial charge in [0.1, 0.15) is 0 Å². The zero-order valence-corrected chi connectivity index (χ0v) is 13.5. The van der Waals surface area contributed by atoms with E-state index in [9.17, 15) is 4.79 Å². The summed E-state index contributed by atoms with van der Waals surface area (Å²) in [4.78, 5) is 12.2. The van der Waals surface area contributed by atoms with Crippen molar-refractivity contribution in [3.8, 4) is 0 Å². The van der Waals surface area contributed by atoms with Crippen LogP contribution in [0.25, 0.3) is 0 Å². The SMILES string of the molecule is Cc1cc(C2CCNCC2)ccc1C(=O)NCC1CC1.Cl. The first kappa shape index (κ1) is 16.3. The van der Waals surface area contributed by atoms with Gasteiger partial charge in [0.15, 0.2) is 0 Å². The maximum Gasteiger partial charge on any atom is 0.251 e. The van der Waals surface area contributed by atoms with Gasteiger partial charge in [0.25, 0.3) is 5.91 Å². The van der Waals surface area contributed by atoms with Crippen molar-refractivity contribution in [1.29, 1.82) is 0 Å². The molecular weight excluding hydrogens is 284 g/mol. The summed E-state index contributed by atoms with van der Waals surface area (Å²) in [6, 6.07) is 6.37. The Morgan fingerprint density at radius 1 is 1.24 bits per heavy atom. The number of hydrogen-bond acceptors (Lipinski definition) is 2. The quantitative estimate of drug-likeness (QED) is 0.897. The molecule has 0 bridgehead atoms. The molecule has 0 spiro atoms. The van der Waals surface area contributed by atoms with E-state index in [2.05, 4.69) is 29.7 Å². The van der Waals surface area contributed by atoms with Crippen LogP contribution in [0.2, 0.25) is 0 Å². The van der Waals surface area contributed by atoms with Gasteiger partial charge in [-0.1, -0.05) is 12.1 Å². The molecule has 21 heavy (non-hydrogen) atoms.